The summed E-state index contributed by atoms with van der Waals surface area (Å²) in [5.74, 6) is 0.264. The van der Waals surface area contributed by atoms with Gasteiger partial charge in [-0.15, -0.1) is 0 Å². The molecule has 0 radical (unpaired) electrons. The van der Waals surface area contributed by atoms with E-state index in [-0.39, 0.29) is 18.1 Å². The third-order valence-corrected chi connectivity index (χ3v) is 5.23. The van der Waals surface area contributed by atoms with E-state index in [0.29, 0.717) is 24.4 Å². The van der Waals surface area contributed by atoms with E-state index < -0.39 is 0 Å². The van der Waals surface area contributed by atoms with E-state index in [1.807, 2.05) is 42.8 Å². The SMILES string of the molecule is CC(C)CC(=O)Nc1cncc(-c2ccc3c(C=O)nn(C4CCCCO4)c3c2)c1. The molecule has 3 heterocycles. The van der Waals surface area contributed by atoms with Gasteiger partial charge in [0, 0.05) is 30.2 Å². The number of pyridine rings is 1. The number of nitrogens with one attached hydrogen (secondary N) is 1. The molecule has 2 aromatic heterocycles. The average molecular weight is 406 g/mol. The number of fused-ring (bicyclic) bond motifs is 1. The van der Waals surface area contributed by atoms with Gasteiger partial charge in [0.2, 0.25) is 5.91 Å². The summed E-state index contributed by atoms with van der Waals surface area (Å²) in [4.78, 5) is 27.9. The maximum atomic E-state index is 12.1. The minimum Gasteiger partial charge on any atom is -0.356 e. The molecule has 1 amide bonds. The first-order chi connectivity index (χ1) is 14.5. The number of aldehydes is 1. The highest BCUT2D eigenvalue weighted by Crippen LogP contribution is 2.31. The Kier molecular flexibility index (Phi) is 5.90. The summed E-state index contributed by atoms with van der Waals surface area (Å²) in [6.45, 7) is 4.72. The Morgan fingerprint density at radius 2 is 2.13 bits per heavy atom. The van der Waals surface area contributed by atoms with Crippen molar-refractivity contribution in [3.8, 4) is 11.1 Å². The van der Waals surface area contributed by atoms with E-state index in [0.717, 1.165) is 47.6 Å². The second-order valence-electron chi connectivity index (χ2n) is 8.11. The van der Waals surface area contributed by atoms with E-state index in [1.54, 1.807) is 12.4 Å². The van der Waals surface area contributed by atoms with Gasteiger partial charge in [-0.1, -0.05) is 19.9 Å². The van der Waals surface area contributed by atoms with E-state index in [2.05, 4.69) is 15.4 Å². The van der Waals surface area contributed by atoms with Gasteiger partial charge in [0.05, 0.1) is 17.4 Å². The number of ether oxygens (including phenoxy) is 1. The van der Waals surface area contributed by atoms with Gasteiger partial charge < -0.3 is 10.1 Å². The monoisotopic (exact) mass is 406 g/mol. The van der Waals surface area contributed by atoms with Gasteiger partial charge >= 0.3 is 0 Å². The van der Waals surface area contributed by atoms with Crippen LogP contribution in [0.4, 0.5) is 5.69 Å². The number of hydrogen-bond donors (Lipinski definition) is 1. The van der Waals surface area contributed by atoms with E-state index in [1.165, 1.54) is 0 Å². The number of nitrogens with zero attached hydrogens (tertiary/aromatic N) is 3. The van der Waals surface area contributed by atoms with Crippen LogP contribution in [0.1, 0.15) is 56.2 Å². The molecule has 4 rings (SSSR count). The fourth-order valence-corrected chi connectivity index (χ4v) is 3.81. The first kappa shape index (κ1) is 20.2. The van der Waals surface area contributed by atoms with Gasteiger partial charge in [-0.25, -0.2) is 4.68 Å². The van der Waals surface area contributed by atoms with Crippen molar-refractivity contribution in [2.45, 2.75) is 45.8 Å². The molecule has 156 valence electrons. The van der Waals surface area contributed by atoms with E-state index >= 15 is 0 Å². The second-order valence-corrected chi connectivity index (χ2v) is 8.11. The molecule has 1 aromatic carbocycles. The molecule has 0 aliphatic carbocycles. The Hall–Kier alpha value is -3.06. The maximum absolute atomic E-state index is 12.1. The van der Waals surface area contributed by atoms with Crippen molar-refractivity contribution < 1.29 is 14.3 Å². The summed E-state index contributed by atoms with van der Waals surface area (Å²) in [6, 6.07) is 7.76. The third kappa shape index (κ3) is 4.26. The lowest BCUT2D eigenvalue weighted by Crippen LogP contribution is -2.19. The van der Waals surface area contributed by atoms with Crippen LogP contribution in [-0.2, 0) is 9.53 Å². The minimum absolute atomic E-state index is 0.0254. The molecule has 0 bridgehead atoms. The number of benzene rings is 1. The molecule has 1 N–H and O–H groups in total. The molecular formula is C23H26N4O3. The zero-order valence-electron chi connectivity index (χ0n) is 17.3. The van der Waals surface area contributed by atoms with Gasteiger partial charge in [0.1, 0.15) is 5.69 Å². The van der Waals surface area contributed by atoms with Crippen molar-refractivity contribution in [1.82, 2.24) is 14.8 Å². The van der Waals surface area contributed by atoms with E-state index in [9.17, 15) is 9.59 Å². The molecule has 1 fully saturated rings. The Balaban J connectivity index is 1.68. The first-order valence-electron chi connectivity index (χ1n) is 10.4. The Morgan fingerprint density at radius 3 is 2.87 bits per heavy atom. The normalized spacial score (nSPS) is 16.7. The molecule has 3 aromatic rings. The van der Waals surface area contributed by atoms with Crippen molar-refractivity contribution >= 4 is 28.8 Å². The average Bonchev–Trinajstić information content (AvgIpc) is 3.12. The fraction of sp³-hybridized carbons (Fsp3) is 0.391. The van der Waals surface area contributed by atoms with E-state index in [4.69, 9.17) is 4.74 Å². The summed E-state index contributed by atoms with van der Waals surface area (Å²) >= 11 is 0. The quantitative estimate of drug-likeness (QED) is 0.605. The highest BCUT2D eigenvalue weighted by atomic mass is 16.5. The van der Waals surface area contributed by atoms with Gasteiger partial charge in [0.15, 0.2) is 12.5 Å². The van der Waals surface area contributed by atoms with Crippen molar-refractivity contribution in [2.24, 2.45) is 5.92 Å². The van der Waals surface area contributed by atoms with Crippen LogP contribution in [0.2, 0.25) is 0 Å². The predicted molar refractivity (Wildman–Crippen MR) is 115 cm³/mol. The van der Waals surface area contributed by atoms with Crippen LogP contribution in [0.15, 0.2) is 36.7 Å². The largest absolute Gasteiger partial charge is 0.356 e. The number of anilines is 1. The van der Waals surface area contributed by atoms with Crippen LogP contribution in [0, 0.1) is 5.92 Å². The summed E-state index contributed by atoms with van der Waals surface area (Å²) < 4.78 is 7.72. The number of hydrogen-bond acceptors (Lipinski definition) is 5. The third-order valence-electron chi connectivity index (χ3n) is 5.23. The van der Waals surface area contributed by atoms with Crippen LogP contribution in [0.25, 0.3) is 22.0 Å². The van der Waals surface area contributed by atoms with Gasteiger partial charge in [-0.2, -0.15) is 5.10 Å². The lowest BCUT2D eigenvalue weighted by molar-refractivity contribution is -0.116. The molecule has 30 heavy (non-hydrogen) atoms. The van der Waals surface area contributed by atoms with Crippen LogP contribution in [0.5, 0.6) is 0 Å². The zero-order chi connectivity index (χ0) is 21.1. The topological polar surface area (TPSA) is 86.1 Å². The predicted octanol–water partition coefficient (Wildman–Crippen LogP) is 4.59. The number of amides is 1. The van der Waals surface area contributed by atoms with Gasteiger partial charge in [-0.05, 0) is 48.9 Å². The van der Waals surface area contributed by atoms with Crippen LogP contribution >= 0.6 is 0 Å². The highest BCUT2D eigenvalue weighted by molar-refractivity contribution is 5.97. The molecule has 1 aliphatic heterocycles. The number of carbonyl (C=O) groups is 2. The molecule has 1 atom stereocenters. The molecule has 1 unspecified atom stereocenters. The van der Waals surface area contributed by atoms with Crippen LogP contribution in [0.3, 0.4) is 0 Å². The molecule has 0 saturated carbocycles. The number of carbonyl (C=O) groups excluding carboxylic acids is 2. The molecule has 0 spiro atoms. The molecule has 7 nitrogen and oxygen atoms in total. The summed E-state index contributed by atoms with van der Waals surface area (Å²) in [7, 11) is 0. The molecule has 7 heteroatoms. The minimum atomic E-state index is -0.162. The summed E-state index contributed by atoms with van der Waals surface area (Å²) in [5.41, 5.74) is 3.75. The molecular weight excluding hydrogens is 380 g/mol. The smallest absolute Gasteiger partial charge is 0.224 e. The molecule has 1 aliphatic rings. The Labute approximate surface area is 175 Å². The van der Waals surface area contributed by atoms with Gasteiger partial charge in [0.25, 0.3) is 0 Å². The van der Waals surface area contributed by atoms with Crippen molar-refractivity contribution in [1.29, 1.82) is 0 Å². The van der Waals surface area contributed by atoms with Crippen LogP contribution < -0.4 is 5.32 Å². The van der Waals surface area contributed by atoms with Crippen molar-refractivity contribution in [3.63, 3.8) is 0 Å². The lowest BCUT2D eigenvalue weighted by atomic mass is 10.0. The first-order valence-corrected chi connectivity index (χ1v) is 10.4. The standard InChI is InChI=1S/C23H26N4O3/c1-15(2)9-22(29)25-18-10-17(12-24-13-18)16-6-7-19-20(14-28)26-27(21(19)11-16)23-5-3-4-8-30-23/h6-7,10-15,23H,3-5,8-9H2,1-2H3,(H,25,29). The highest BCUT2D eigenvalue weighted by Gasteiger charge is 2.21. The molecule has 1 saturated heterocycles. The number of rotatable bonds is 6. The van der Waals surface area contributed by atoms with Gasteiger partial charge in [-0.3, -0.25) is 14.6 Å². The second kappa shape index (κ2) is 8.75. The summed E-state index contributed by atoms with van der Waals surface area (Å²) in [6.07, 6.45) is 7.48. The van der Waals surface area contributed by atoms with Crippen LogP contribution in [-0.4, -0.2) is 33.6 Å². The lowest BCUT2D eigenvalue weighted by Gasteiger charge is -2.23. The van der Waals surface area contributed by atoms with Crippen molar-refractivity contribution in [3.05, 3.63) is 42.4 Å². The zero-order valence-corrected chi connectivity index (χ0v) is 17.3. The number of aromatic nitrogens is 3. The summed E-state index contributed by atoms with van der Waals surface area (Å²) in [5, 5.41) is 8.22. The maximum Gasteiger partial charge on any atom is 0.224 e. The Bertz CT molecular complexity index is 1070. The Morgan fingerprint density at radius 1 is 1.27 bits per heavy atom. The van der Waals surface area contributed by atoms with Crippen molar-refractivity contribution in [2.75, 3.05) is 11.9 Å². The fourth-order valence-electron chi connectivity index (χ4n) is 3.81.